The first-order chi connectivity index (χ1) is 16.1. The molecule has 1 aliphatic rings. The molecule has 1 unspecified atom stereocenters. The van der Waals surface area contributed by atoms with Crippen LogP contribution in [0.1, 0.15) is 29.2 Å². The SMILES string of the molecule is Cc1nc2nc(C(F)(F)F)nn2c(C)c1CCC(=O)NCC(O)COc1ccc2c(c1)OCO2. The molecule has 0 saturated carbocycles. The highest BCUT2D eigenvalue weighted by Gasteiger charge is 2.37. The van der Waals surface area contributed by atoms with Crippen molar-refractivity contribution in [2.45, 2.75) is 39.0 Å². The minimum Gasteiger partial charge on any atom is -0.491 e. The summed E-state index contributed by atoms with van der Waals surface area (Å²) in [5, 5.41) is 16.2. The molecule has 0 aliphatic carbocycles. The highest BCUT2D eigenvalue weighted by Crippen LogP contribution is 2.35. The van der Waals surface area contributed by atoms with E-state index in [2.05, 4.69) is 20.4 Å². The largest absolute Gasteiger partial charge is 0.491 e. The summed E-state index contributed by atoms with van der Waals surface area (Å²) in [6, 6.07) is 5.03. The fourth-order valence-electron chi connectivity index (χ4n) is 3.47. The molecule has 182 valence electrons. The van der Waals surface area contributed by atoms with E-state index in [0.717, 1.165) is 4.52 Å². The zero-order valence-corrected chi connectivity index (χ0v) is 18.3. The molecule has 0 bridgehead atoms. The molecule has 0 radical (unpaired) electrons. The number of carbonyl (C=O) groups excluding carboxylic acids is 1. The minimum absolute atomic E-state index is 0.0311. The highest BCUT2D eigenvalue weighted by molar-refractivity contribution is 5.76. The molecule has 2 aromatic heterocycles. The van der Waals surface area contributed by atoms with Crippen LogP contribution in [0.5, 0.6) is 17.2 Å². The third kappa shape index (κ3) is 5.14. The van der Waals surface area contributed by atoms with Gasteiger partial charge in [-0.1, -0.05) is 0 Å². The summed E-state index contributed by atoms with van der Waals surface area (Å²) in [5.41, 5.74) is 1.50. The van der Waals surface area contributed by atoms with Crippen LogP contribution in [0, 0.1) is 13.8 Å². The number of carbonyl (C=O) groups is 1. The summed E-state index contributed by atoms with van der Waals surface area (Å²) in [7, 11) is 0. The van der Waals surface area contributed by atoms with Crippen molar-refractivity contribution in [1.82, 2.24) is 24.9 Å². The lowest BCUT2D eigenvalue weighted by Gasteiger charge is -2.14. The van der Waals surface area contributed by atoms with Gasteiger partial charge in [-0.2, -0.15) is 18.2 Å². The Kier molecular flexibility index (Phi) is 6.46. The second-order valence-electron chi connectivity index (χ2n) is 7.69. The zero-order chi connectivity index (χ0) is 24.5. The number of halogens is 3. The summed E-state index contributed by atoms with van der Waals surface area (Å²) >= 11 is 0. The molecule has 3 heterocycles. The van der Waals surface area contributed by atoms with Crippen LogP contribution in [-0.2, 0) is 17.4 Å². The molecular formula is C21H22F3N5O5. The summed E-state index contributed by atoms with van der Waals surface area (Å²) in [4.78, 5) is 19.8. The van der Waals surface area contributed by atoms with E-state index in [-0.39, 0.29) is 44.5 Å². The van der Waals surface area contributed by atoms with Crippen LogP contribution in [0.4, 0.5) is 13.2 Å². The summed E-state index contributed by atoms with van der Waals surface area (Å²) < 4.78 is 55.7. The van der Waals surface area contributed by atoms with Crippen molar-refractivity contribution in [2.24, 2.45) is 0 Å². The van der Waals surface area contributed by atoms with Gasteiger partial charge in [0.05, 0.1) is 0 Å². The lowest BCUT2D eigenvalue weighted by atomic mass is 10.1. The third-order valence-corrected chi connectivity index (χ3v) is 5.23. The molecule has 1 amide bonds. The predicted octanol–water partition coefficient (Wildman–Crippen LogP) is 1.98. The van der Waals surface area contributed by atoms with Crippen molar-refractivity contribution in [1.29, 1.82) is 0 Å². The molecule has 2 N–H and O–H groups in total. The van der Waals surface area contributed by atoms with E-state index < -0.39 is 18.1 Å². The quantitative estimate of drug-likeness (QED) is 0.501. The van der Waals surface area contributed by atoms with Gasteiger partial charge in [0.15, 0.2) is 11.5 Å². The Labute approximate surface area is 191 Å². The predicted molar refractivity (Wildman–Crippen MR) is 111 cm³/mol. The Morgan fingerprint density at radius 3 is 2.79 bits per heavy atom. The fourth-order valence-corrected chi connectivity index (χ4v) is 3.47. The number of benzene rings is 1. The van der Waals surface area contributed by atoms with Gasteiger partial charge in [0.1, 0.15) is 18.5 Å². The van der Waals surface area contributed by atoms with Crippen LogP contribution >= 0.6 is 0 Å². The van der Waals surface area contributed by atoms with E-state index >= 15 is 0 Å². The average Bonchev–Trinajstić information content (AvgIpc) is 3.42. The normalized spacial score (nSPS) is 13.8. The first-order valence-corrected chi connectivity index (χ1v) is 10.4. The molecule has 1 atom stereocenters. The van der Waals surface area contributed by atoms with E-state index in [1.54, 1.807) is 32.0 Å². The van der Waals surface area contributed by atoms with Crippen molar-refractivity contribution >= 4 is 11.7 Å². The van der Waals surface area contributed by atoms with E-state index in [9.17, 15) is 23.1 Å². The Bertz CT molecular complexity index is 1210. The number of amides is 1. The first-order valence-electron chi connectivity index (χ1n) is 10.4. The van der Waals surface area contributed by atoms with Crippen molar-refractivity contribution in [3.05, 3.63) is 41.0 Å². The second-order valence-corrected chi connectivity index (χ2v) is 7.69. The molecule has 4 rings (SSSR count). The van der Waals surface area contributed by atoms with Crippen LogP contribution < -0.4 is 19.5 Å². The molecule has 0 saturated heterocycles. The maximum absolute atomic E-state index is 12.9. The number of alkyl halides is 3. The Balaban J connectivity index is 1.28. The second kappa shape index (κ2) is 9.33. The highest BCUT2D eigenvalue weighted by atomic mass is 19.4. The van der Waals surface area contributed by atoms with Crippen LogP contribution in [0.3, 0.4) is 0 Å². The molecule has 0 fully saturated rings. The van der Waals surface area contributed by atoms with Crippen LogP contribution in [0.15, 0.2) is 18.2 Å². The number of aliphatic hydroxyl groups excluding tert-OH is 1. The number of aliphatic hydroxyl groups is 1. The molecule has 10 nitrogen and oxygen atoms in total. The van der Waals surface area contributed by atoms with Gasteiger partial charge in [-0.3, -0.25) is 4.79 Å². The van der Waals surface area contributed by atoms with Gasteiger partial charge in [-0.05, 0) is 38.0 Å². The van der Waals surface area contributed by atoms with E-state index in [4.69, 9.17) is 14.2 Å². The summed E-state index contributed by atoms with van der Waals surface area (Å²) in [5.74, 6) is -0.0972. The number of nitrogens with one attached hydrogen (secondary N) is 1. The maximum Gasteiger partial charge on any atom is 0.453 e. The smallest absolute Gasteiger partial charge is 0.453 e. The van der Waals surface area contributed by atoms with Crippen molar-refractivity contribution in [3.8, 4) is 17.2 Å². The Morgan fingerprint density at radius 1 is 1.26 bits per heavy atom. The Hall–Kier alpha value is -3.61. The zero-order valence-electron chi connectivity index (χ0n) is 18.3. The first kappa shape index (κ1) is 23.5. The Morgan fingerprint density at radius 2 is 2.03 bits per heavy atom. The average molecular weight is 481 g/mol. The lowest BCUT2D eigenvalue weighted by molar-refractivity contribution is -0.144. The van der Waals surface area contributed by atoms with Gasteiger partial charge in [-0.15, -0.1) is 5.10 Å². The van der Waals surface area contributed by atoms with Crippen LogP contribution in [0.2, 0.25) is 0 Å². The van der Waals surface area contributed by atoms with E-state index in [1.807, 2.05) is 0 Å². The van der Waals surface area contributed by atoms with Gasteiger partial charge in [-0.25, -0.2) is 9.50 Å². The van der Waals surface area contributed by atoms with Crippen LogP contribution in [-0.4, -0.2) is 56.6 Å². The van der Waals surface area contributed by atoms with Gasteiger partial charge < -0.3 is 24.6 Å². The maximum atomic E-state index is 12.9. The van der Waals surface area contributed by atoms with E-state index in [1.165, 1.54) is 0 Å². The molecule has 34 heavy (non-hydrogen) atoms. The molecule has 3 aromatic rings. The topological polar surface area (TPSA) is 120 Å². The number of rotatable bonds is 8. The fraction of sp³-hybridized carbons (Fsp3) is 0.429. The van der Waals surface area contributed by atoms with Crippen molar-refractivity contribution in [2.75, 3.05) is 19.9 Å². The molecule has 1 aliphatic heterocycles. The molecule has 1 aromatic carbocycles. The minimum atomic E-state index is -4.68. The van der Waals surface area contributed by atoms with Gasteiger partial charge in [0.2, 0.25) is 12.7 Å². The number of aryl methyl sites for hydroxylation is 2. The standard InChI is InChI=1S/C21H22F3N5O5/c1-11-15(12(2)29-20(26-11)27-19(28-29)21(22,23)24)4-6-18(31)25-8-13(30)9-32-14-3-5-16-17(7-14)34-10-33-16/h3,5,7,13,30H,4,6,8-10H2,1-2H3,(H,25,31). The van der Waals surface area contributed by atoms with Crippen molar-refractivity contribution in [3.63, 3.8) is 0 Å². The third-order valence-electron chi connectivity index (χ3n) is 5.23. The van der Waals surface area contributed by atoms with Crippen molar-refractivity contribution < 1.29 is 37.3 Å². The van der Waals surface area contributed by atoms with Gasteiger partial charge in [0, 0.05) is 30.4 Å². The number of nitrogens with zero attached hydrogens (tertiary/aromatic N) is 4. The number of ether oxygens (including phenoxy) is 3. The number of aromatic nitrogens is 4. The van der Waals surface area contributed by atoms with E-state index in [0.29, 0.717) is 34.2 Å². The number of hydrogen-bond donors (Lipinski definition) is 2. The lowest BCUT2D eigenvalue weighted by Crippen LogP contribution is -2.35. The summed E-state index contributed by atoms with van der Waals surface area (Å²) in [6.45, 7) is 3.30. The number of fused-ring (bicyclic) bond motifs is 2. The number of hydrogen-bond acceptors (Lipinski definition) is 8. The van der Waals surface area contributed by atoms with Gasteiger partial charge in [0.25, 0.3) is 11.6 Å². The van der Waals surface area contributed by atoms with Crippen LogP contribution in [0.25, 0.3) is 5.78 Å². The monoisotopic (exact) mass is 481 g/mol. The van der Waals surface area contributed by atoms with Gasteiger partial charge >= 0.3 is 6.18 Å². The molecular weight excluding hydrogens is 459 g/mol. The molecule has 13 heteroatoms. The molecule has 0 spiro atoms. The summed E-state index contributed by atoms with van der Waals surface area (Å²) in [6.07, 6.45) is -5.35.